The van der Waals surface area contributed by atoms with Crippen LogP contribution < -0.4 is 0 Å². The van der Waals surface area contributed by atoms with E-state index < -0.39 is 0 Å². The van der Waals surface area contributed by atoms with Crippen molar-refractivity contribution in [3.63, 3.8) is 0 Å². The van der Waals surface area contributed by atoms with Gasteiger partial charge in [-0.2, -0.15) is 0 Å². The van der Waals surface area contributed by atoms with Crippen molar-refractivity contribution >= 4 is 0 Å². The van der Waals surface area contributed by atoms with E-state index in [1.807, 2.05) is 0 Å². The monoisotopic (exact) mass is 176 g/mol. The van der Waals surface area contributed by atoms with Gasteiger partial charge in [0.05, 0.1) is 0 Å². The molecule has 0 aromatic heterocycles. The summed E-state index contributed by atoms with van der Waals surface area (Å²) in [6, 6.07) is 0. The van der Waals surface area contributed by atoms with Gasteiger partial charge < -0.3 is 0 Å². The van der Waals surface area contributed by atoms with Gasteiger partial charge in [0.1, 0.15) is 0 Å². The maximum atomic E-state index is 4.10. The lowest BCUT2D eigenvalue weighted by molar-refractivity contribution is 0.282. The third kappa shape index (κ3) is 1.59. The fraction of sp³-hybridized carbons (Fsp3) is 0.692. The van der Waals surface area contributed by atoms with Crippen LogP contribution in [-0.4, -0.2) is 0 Å². The van der Waals surface area contributed by atoms with E-state index in [-0.39, 0.29) is 0 Å². The molecule has 2 aliphatic carbocycles. The van der Waals surface area contributed by atoms with Crippen molar-refractivity contribution in [3.8, 4) is 0 Å². The van der Waals surface area contributed by atoms with Crippen LogP contribution in [-0.2, 0) is 0 Å². The SMILES string of the molecule is C=C1CC=C(C2CCC2)C(C)(C)C1. The zero-order chi connectivity index (χ0) is 9.47. The van der Waals surface area contributed by atoms with Crippen LogP contribution in [0.25, 0.3) is 0 Å². The van der Waals surface area contributed by atoms with E-state index in [1.54, 1.807) is 5.57 Å². The minimum Gasteiger partial charge on any atom is -0.0995 e. The van der Waals surface area contributed by atoms with Gasteiger partial charge in [-0.1, -0.05) is 44.1 Å². The number of hydrogen-bond acceptors (Lipinski definition) is 0. The molecule has 0 atom stereocenters. The van der Waals surface area contributed by atoms with Gasteiger partial charge in [0.2, 0.25) is 0 Å². The third-order valence-corrected chi connectivity index (χ3v) is 3.63. The molecular formula is C13H20. The summed E-state index contributed by atoms with van der Waals surface area (Å²) in [6.45, 7) is 8.86. The highest BCUT2D eigenvalue weighted by Crippen LogP contribution is 2.47. The Kier molecular flexibility index (Phi) is 2.09. The first-order chi connectivity index (χ1) is 6.09. The van der Waals surface area contributed by atoms with Gasteiger partial charge >= 0.3 is 0 Å². The van der Waals surface area contributed by atoms with Crippen molar-refractivity contribution in [1.82, 2.24) is 0 Å². The van der Waals surface area contributed by atoms with Crippen LogP contribution in [0, 0.1) is 11.3 Å². The molecule has 0 aromatic rings. The molecule has 0 saturated heterocycles. The molecule has 72 valence electrons. The second kappa shape index (κ2) is 3.01. The number of allylic oxidation sites excluding steroid dienone is 3. The molecule has 1 saturated carbocycles. The summed E-state index contributed by atoms with van der Waals surface area (Å²) in [5.41, 5.74) is 3.54. The molecule has 0 unspecified atom stereocenters. The first kappa shape index (κ1) is 9.05. The molecule has 13 heavy (non-hydrogen) atoms. The topological polar surface area (TPSA) is 0 Å². The summed E-state index contributed by atoms with van der Waals surface area (Å²) in [4.78, 5) is 0. The van der Waals surface area contributed by atoms with E-state index in [9.17, 15) is 0 Å². The molecule has 2 aliphatic rings. The Morgan fingerprint density at radius 3 is 2.54 bits per heavy atom. The molecule has 0 amide bonds. The highest BCUT2D eigenvalue weighted by Gasteiger charge is 2.34. The predicted molar refractivity (Wildman–Crippen MR) is 57.6 cm³/mol. The van der Waals surface area contributed by atoms with Crippen molar-refractivity contribution < 1.29 is 0 Å². The Morgan fingerprint density at radius 1 is 1.38 bits per heavy atom. The minimum atomic E-state index is 0.403. The van der Waals surface area contributed by atoms with Crippen molar-refractivity contribution in [3.05, 3.63) is 23.8 Å². The maximum absolute atomic E-state index is 4.10. The van der Waals surface area contributed by atoms with Crippen LogP contribution in [0.5, 0.6) is 0 Å². The van der Waals surface area contributed by atoms with E-state index in [2.05, 4.69) is 26.5 Å². The van der Waals surface area contributed by atoms with E-state index in [1.165, 1.54) is 31.3 Å². The predicted octanol–water partition coefficient (Wildman–Crippen LogP) is 4.09. The van der Waals surface area contributed by atoms with E-state index in [0.717, 1.165) is 12.3 Å². The Morgan fingerprint density at radius 2 is 2.08 bits per heavy atom. The number of hydrogen-bond donors (Lipinski definition) is 0. The third-order valence-electron chi connectivity index (χ3n) is 3.63. The van der Waals surface area contributed by atoms with Crippen LogP contribution in [0.15, 0.2) is 23.8 Å². The van der Waals surface area contributed by atoms with Crippen LogP contribution >= 0.6 is 0 Å². The Labute approximate surface area is 81.7 Å². The standard InChI is InChI=1S/C13H20/c1-10-7-8-12(11-5-4-6-11)13(2,3)9-10/h8,11H,1,4-7,9H2,2-3H3. The van der Waals surface area contributed by atoms with Gasteiger partial charge in [-0.25, -0.2) is 0 Å². The fourth-order valence-electron chi connectivity index (χ4n) is 2.77. The molecule has 0 nitrogen and oxygen atoms in total. The molecule has 1 fully saturated rings. The molecule has 0 spiro atoms. The van der Waals surface area contributed by atoms with Crippen LogP contribution in [0.3, 0.4) is 0 Å². The van der Waals surface area contributed by atoms with Crippen molar-refractivity contribution in [2.45, 2.75) is 46.0 Å². The highest BCUT2D eigenvalue weighted by molar-refractivity contribution is 5.27. The summed E-state index contributed by atoms with van der Waals surface area (Å²) in [5, 5.41) is 0. The normalized spacial score (nSPS) is 28.2. The van der Waals surface area contributed by atoms with Crippen molar-refractivity contribution in [2.24, 2.45) is 11.3 Å². The van der Waals surface area contributed by atoms with Gasteiger partial charge in [0.15, 0.2) is 0 Å². The average molecular weight is 176 g/mol. The van der Waals surface area contributed by atoms with E-state index >= 15 is 0 Å². The lowest BCUT2D eigenvalue weighted by atomic mass is 9.64. The smallest absolute Gasteiger partial charge is 0.0105 e. The first-order valence-corrected chi connectivity index (χ1v) is 5.47. The average Bonchev–Trinajstić information content (AvgIpc) is 1.89. The molecule has 0 radical (unpaired) electrons. The maximum Gasteiger partial charge on any atom is -0.0105 e. The summed E-state index contributed by atoms with van der Waals surface area (Å²) in [5.74, 6) is 0.920. The van der Waals surface area contributed by atoms with Crippen LogP contribution in [0.2, 0.25) is 0 Å². The summed E-state index contributed by atoms with van der Waals surface area (Å²) in [6.07, 6.45) is 9.10. The van der Waals surface area contributed by atoms with Gasteiger partial charge in [-0.05, 0) is 37.0 Å². The second-order valence-corrected chi connectivity index (χ2v) is 5.30. The molecule has 0 heteroatoms. The minimum absolute atomic E-state index is 0.403. The quantitative estimate of drug-likeness (QED) is 0.528. The molecule has 0 N–H and O–H groups in total. The van der Waals surface area contributed by atoms with Crippen LogP contribution in [0.4, 0.5) is 0 Å². The zero-order valence-corrected chi connectivity index (χ0v) is 8.90. The van der Waals surface area contributed by atoms with Gasteiger partial charge in [0, 0.05) is 0 Å². The van der Waals surface area contributed by atoms with Crippen molar-refractivity contribution in [2.75, 3.05) is 0 Å². The number of rotatable bonds is 1. The first-order valence-electron chi connectivity index (χ1n) is 5.47. The Hall–Kier alpha value is -0.520. The molecule has 0 heterocycles. The molecular weight excluding hydrogens is 156 g/mol. The second-order valence-electron chi connectivity index (χ2n) is 5.30. The Bertz CT molecular complexity index is 251. The molecule has 2 rings (SSSR count). The highest BCUT2D eigenvalue weighted by atomic mass is 14.4. The van der Waals surface area contributed by atoms with E-state index in [4.69, 9.17) is 0 Å². The van der Waals surface area contributed by atoms with Crippen molar-refractivity contribution in [1.29, 1.82) is 0 Å². The fourth-order valence-corrected chi connectivity index (χ4v) is 2.77. The summed E-state index contributed by atoms with van der Waals surface area (Å²) >= 11 is 0. The molecule has 0 aliphatic heterocycles. The zero-order valence-electron chi connectivity index (χ0n) is 8.90. The van der Waals surface area contributed by atoms with E-state index in [0.29, 0.717) is 5.41 Å². The lowest BCUT2D eigenvalue weighted by Gasteiger charge is -2.41. The molecule has 0 bridgehead atoms. The molecule has 0 aromatic carbocycles. The lowest BCUT2D eigenvalue weighted by Crippen LogP contribution is -2.28. The van der Waals surface area contributed by atoms with Crippen LogP contribution in [0.1, 0.15) is 46.0 Å². The summed E-state index contributed by atoms with van der Waals surface area (Å²) < 4.78 is 0. The van der Waals surface area contributed by atoms with Gasteiger partial charge in [-0.3, -0.25) is 0 Å². The van der Waals surface area contributed by atoms with Gasteiger partial charge in [-0.15, -0.1) is 0 Å². The summed E-state index contributed by atoms with van der Waals surface area (Å²) in [7, 11) is 0. The van der Waals surface area contributed by atoms with Gasteiger partial charge in [0.25, 0.3) is 0 Å². The Balaban J connectivity index is 2.19. The largest absolute Gasteiger partial charge is 0.0995 e.